The maximum absolute atomic E-state index is 12.0. The van der Waals surface area contributed by atoms with Crippen molar-refractivity contribution in [2.24, 2.45) is 0 Å². The van der Waals surface area contributed by atoms with E-state index in [1.165, 1.54) is 12.1 Å². The number of hydrogen-bond donors (Lipinski definition) is 0. The first-order valence-corrected chi connectivity index (χ1v) is 4.38. The van der Waals surface area contributed by atoms with E-state index >= 15 is 0 Å². The highest BCUT2D eigenvalue weighted by molar-refractivity contribution is 5.38. The Hall–Kier alpha value is -1.45. The quantitative estimate of drug-likeness (QED) is 0.701. The lowest BCUT2D eigenvalue weighted by atomic mass is 10.1. The molecule has 1 nitrogen and oxygen atoms in total. The lowest BCUT2D eigenvalue weighted by Gasteiger charge is -2.12. The van der Waals surface area contributed by atoms with Gasteiger partial charge in [0.25, 0.3) is 0 Å². The Labute approximate surface area is 86.2 Å². The predicted octanol–water partition coefficient (Wildman–Crippen LogP) is 3.62. The van der Waals surface area contributed by atoms with Crippen molar-refractivity contribution in [3.05, 3.63) is 42.0 Å². The van der Waals surface area contributed by atoms with Gasteiger partial charge in [-0.1, -0.05) is 23.8 Å². The summed E-state index contributed by atoms with van der Waals surface area (Å²) in [4.78, 5) is 0. The summed E-state index contributed by atoms with van der Waals surface area (Å²) in [6, 6.07) is 4.55. The van der Waals surface area contributed by atoms with Crippen molar-refractivity contribution in [2.75, 3.05) is 0 Å². The second kappa shape index (κ2) is 4.38. The van der Waals surface area contributed by atoms with Gasteiger partial charge in [-0.3, -0.25) is 0 Å². The van der Waals surface area contributed by atoms with Gasteiger partial charge in [-0.15, -0.1) is 19.8 Å². The topological polar surface area (TPSA) is 9.23 Å². The third kappa shape index (κ3) is 3.65. The van der Waals surface area contributed by atoms with Crippen LogP contribution in [0.15, 0.2) is 30.9 Å². The zero-order valence-corrected chi connectivity index (χ0v) is 8.27. The van der Waals surface area contributed by atoms with Crippen molar-refractivity contribution in [1.29, 1.82) is 0 Å². The van der Waals surface area contributed by atoms with Gasteiger partial charge in [0.1, 0.15) is 5.75 Å². The SMILES string of the molecule is C=CCc1cc(C)ccc1OC(F)(F)F. The molecule has 0 atom stereocenters. The fourth-order valence-corrected chi connectivity index (χ4v) is 1.25. The maximum atomic E-state index is 12.0. The Morgan fingerprint density at radius 1 is 1.40 bits per heavy atom. The summed E-state index contributed by atoms with van der Waals surface area (Å²) in [7, 11) is 0. The second-order valence-electron chi connectivity index (χ2n) is 3.15. The second-order valence-corrected chi connectivity index (χ2v) is 3.15. The van der Waals surface area contributed by atoms with Crippen molar-refractivity contribution in [1.82, 2.24) is 0 Å². The molecule has 1 rings (SSSR count). The minimum absolute atomic E-state index is 0.159. The fraction of sp³-hybridized carbons (Fsp3) is 0.273. The van der Waals surface area contributed by atoms with Crippen LogP contribution in [0.4, 0.5) is 13.2 Å². The zero-order chi connectivity index (χ0) is 11.5. The number of ether oxygens (including phenoxy) is 1. The first-order chi connectivity index (χ1) is 6.92. The van der Waals surface area contributed by atoms with Gasteiger partial charge in [-0.25, -0.2) is 0 Å². The molecule has 4 heteroatoms. The number of hydrogen-bond acceptors (Lipinski definition) is 1. The molecule has 0 fully saturated rings. The van der Waals surface area contributed by atoms with Crippen LogP contribution < -0.4 is 4.74 Å². The van der Waals surface area contributed by atoms with Gasteiger partial charge in [-0.2, -0.15) is 0 Å². The Morgan fingerprint density at radius 2 is 2.07 bits per heavy atom. The normalized spacial score (nSPS) is 11.2. The standard InChI is InChI=1S/C11H11F3O/c1-3-4-9-7-8(2)5-6-10(9)15-11(12,13)14/h3,5-7H,1,4H2,2H3. The molecule has 0 aliphatic heterocycles. The smallest absolute Gasteiger partial charge is 0.405 e. The average Bonchev–Trinajstić information content (AvgIpc) is 2.08. The molecule has 0 aliphatic rings. The van der Waals surface area contributed by atoms with Crippen LogP contribution in [-0.2, 0) is 6.42 Å². The molecular weight excluding hydrogens is 205 g/mol. The van der Waals surface area contributed by atoms with Crippen LogP contribution >= 0.6 is 0 Å². The summed E-state index contributed by atoms with van der Waals surface area (Å²) >= 11 is 0. The van der Waals surface area contributed by atoms with Crippen LogP contribution in [0, 0.1) is 6.92 Å². The maximum Gasteiger partial charge on any atom is 0.573 e. The summed E-state index contributed by atoms with van der Waals surface area (Å²) in [5.41, 5.74) is 1.38. The summed E-state index contributed by atoms with van der Waals surface area (Å²) in [6.45, 7) is 5.30. The molecule has 0 N–H and O–H groups in total. The minimum Gasteiger partial charge on any atom is -0.405 e. The Morgan fingerprint density at radius 3 is 2.60 bits per heavy atom. The van der Waals surface area contributed by atoms with E-state index in [2.05, 4.69) is 11.3 Å². The zero-order valence-electron chi connectivity index (χ0n) is 8.27. The number of benzene rings is 1. The molecule has 0 radical (unpaired) electrons. The summed E-state index contributed by atoms with van der Waals surface area (Å²) < 4.78 is 39.9. The largest absolute Gasteiger partial charge is 0.573 e. The lowest BCUT2D eigenvalue weighted by Crippen LogP contribution is -2.18. The van der Waals surface area contributed by atoms with Crippen molar-refractivity contribution in [3.8, 4) is 5.75 Å². The van der Waals surface area contributed by atoms with Gasteiger partial charge in [0.05, 0.1) is 0 Å². The van der Waals surface area contributed by atoms with Crippen molar-refractivity contribution >= 4 is 0 Å². The van der Waals surface area contributed by atoms with Crippen LogP contribution in [-0.4, -0.2) is 6.36 Å². The molecule has 1 aromatic carbocycles. The molecular formula is C11H11F3O. The van der Waals surface area contributed by atoms with Crippen molar-refractivity contribution < 1.29 is 17.9 Å². The Kier molecular flexibility index (Phi) is 3.39. The molecule has 15 heavy (non-hydrogen) atoms. The van der Waals surface area contributed by atoms with E-state index in [0.717, 1.165) is 5.56 Å². The molecule has 0 aliphatic carbocycles. The van der Waals surface area contributed by atoms with E-state index in [4.69, 9.17) is 0 Å². The Bertz CT molecular complexity index is 355. The number of allylic oxidation sites excluding steroid dienone is 1. The van der Waals surface area contributed by atoms with Crippen LogP contribution in [0.5, 0.6) is 5.75 Å². The number of halogens is 3. The predicted molar refractivity (Wildman–Crippen MR) is 51.8 cm³/mol. The first kappa shape index (κ1) is 11.6. The molecule has 82 valence electrons. The van der Waals surface area contributed by atoms with E-state index in [0.29, 0.717) is 12.0 Å². The molecule has 0 spiro atoms. The third-order valence-corrected chi connectivity index (χ3v) is 1.81. The molecule has 0 aromatic heterocycles. The molecule has 0 bridgehead atoms. The molecule has 0 heterocycles. The lowest BCUT2D eigenvalue weighted by molar-refractivity contribution is -0.274. The van der Waals surface area contributed by atoms with E-state index in [-0.39, 0.29) is 5.75 Å². The van der Waals surface area contributed by atoms with Crippen LogP contribution in [0.1, 0.15) is 11.1 Å². The molecule has 0 saturated heterocycles. The highest BCUT2D eigenvalue weighted by Gasteiger charge is 2.31. The summed E-state index contributed by atoms with van der Waals surface area (Å²) in [5.74, 6) is -0.159. The number of alkyl halides is 3. The highest BCUT2D eigenvalue weighted by atomic mass is 19.4. The summed E-state index contributed by atoms with van der Waals surface area (Å²) in [6.07, 6.45) is -2.75. The van der Waals surface area contributed by atoms with E-state index in [1.54, 1.807) is 12.1 Å². The van der Waals surface area contributed by atoms with Crippen LogP contribution in [0.2, 0.25) is 0 Å². The van der Waals surface area contributed by atoms with Gasteiger partial charge in [0.15, 0.2) is 0 Å². The monoisotopic (exact) mass is 216 g/mol. The minimum atomic E-state index is -4.65. The Balaban J connectivity index is 3.00. The molecule has 1 aromatic rings. The number of rotatable bonds is 3. The highest BCUT2D eigenvalue weighted by Crippen LogP contribution is 2.27. The van der Waals surface area contributed by atoms with E-state index in [1.807, 2.05) is 6.92 Å². The van der Waals surface area contributed by atoms with Gasteiger partial charge < -0.3 is 4.74 Å². The fourth-order valence-electron chi connectivity index (χ4n) is 1.25. The van der Waals surface area contributed by atoms with E-state index < -0.39 is 6.36 Å². The van der Waals surface area contributed by atoms with Gasteiger partial charge in [0.2, 0.25) is 0 Å². The van der Waals surface area contributed by atoms with Crippen LogP contribution in [0.3, 0.4) is 0 Å². The van der Waals surface area contributed by atoms with Gasteiger partial charge >= 0.3 is 6.36 Å². The molecule has 0 unspecified atom stereocenters. The molecule has 0 amide bonds. The number of aryl methyl sites for hydroxylation is 1. The third-order valence-electron chi connectivity index (χ3n) is 1.81. The van der Waals surface area contributed by atoms with E-state index in [9.17, 15) is 13.2 Å². The van der Waals surface area contributed by atoms with Crippen LogP contribution in [0.25, 0.3) is 0 Å². The van der Waals surface area contributed by atoms with Gasteiger partial charge in [0, 0.05) is 0 Å². The van der Waals surface area contributed by atoms with Gasteiger partial charge in [-0.05, 0) is 25.0 Å². The first-order valence-electron chi connectivity index (χ1n) is 4.38. The van der Waals surface area contributed by atoms with Crippen molar-refractivity contribution in [2.45, 2.75) is 19.7 Å². The van der Waals surface area contributed by atoms with Crippen molar-refractivity contribution in [3.63, 3.8) is 0 Å². The summed E-state index contributed by atoms with van der Waals surface area (Å²) in [5, 5.41) is 0. The average molecular weight is 216 g/mol. The molecule has 0 saturated carbocycles.